The lowest BCUT2D eigenvalue weighted by atomic mass is 9.90. The zero-order valence-electron chi connectivity index (χ0n) is 15.6. The Hall–Kier alpha value is -2.86. The van der Waals surface area contributed by atoms with E-state index in [-0.39, 0.29) is 0 Å². The van der Waals surface area contributed by atoms with E-state index >= 15 is 0 Å². The van der Waals surface area contributed by atoms with E-state index in [9.17, 15) is 0 Å². The van der Waals surface area contributed by atoms with Crippen LogP contribution in [-0.2, 0) is 0 Å². The van der Waals surface area contributed by atoms with Crippen LogP contribution in [0.25, 0.3) is 27.7 Å². The van der Waals surface area contributed by atoms with Gasteiger partial charge in [0.25, 0.3) is 0 Å². The van der Waals surface area contributed by atoms with Gasteiger partial charge in [0, 0.05) is 34.6 Å². The van der Waals surface area contributed by atoms with Gasteiger partial charge in [-0.25, -0.2) is 4.98 Å². The topological polar surface area (TPSA) is 68.0 Å². The fourth-order valence-corrected chi connectivity index (χ4v) is 4.18. The quantitative estimate of drug-likeness (QED) is 0.595. The highest BCUT2D eigenvalue weighted by Crippen LogP contribution is 2.33. The van der Waals surface area contributed by atoms with Crippen LogP contribution >= 0.6 is 0 Å². The van der Waals surface area contributed by atoms with Crippen LogP contribution < -0.4 is 5.32 Å². The molecule has 1 aromatic carbocycles. The van der Waals surface area contributed by atoms with E-state index in [1.807, 2.05) is 26.2 Å². The molecule has 6 heteroatoms. The van der Waals surface area contributed by atoms with Crippen LogP contribution in [-0.4, -0.2) is 37.7 Å². The van der Waals surface area contributed by atoms with Gasteiger partial charge in [0.2, 0.25) is 0 Å². The summed E-state index contributed by atoms with van der Waals surface area (Å²) in [6.07, 6.45) is 8.18. The molecule has 0 aliphatic carbocycles. The third-order valence-corrected chi connectivity index (χ3v) is 5.46. The van der Waals surface area contributed by atoms with Crippen molar-refractivity contribution in [2.24, 2.45) is 0 Å². The molecule has 27 heavy (non-hydrogen) atoms. The number of benzene rings is 1. The summed E-state index contributed by atoms with van der Waals surface area (Å²) < 4.78 is 2.06. The van der Waals surface area contributed by atoms with E-state index in [4.69, 9.17) is 4.98 Å². The molecule has 1 aliphatic heterocycles. The molecule has 0 amide bonds. The highest BCUT2D eigenvalue weighted by molar-refractivity contribution is 5.96. The number of fused-ring (bicyclic) bond motifs is 2. The van der Waals surface area contributed by atoms with Gasteiger partial charge in [0.05, 0.1) is 29.0 Å². The average molecular weight is 358 g/mol. The summed E-state index contributed by atoms with van der Waals surface area (Å²) in [6.45, 7) is 6.09. The first-order valence-corrected chi connectivity index (χ1v) is 9.49. The molecule has 3 aromatic heterocycles. The van der Waals surface area contributed by atoms with Gasteiger partial charge in [0.1, 0.15) is 0 Å². The van der Waals surface area contributed by atoms with Gasteiger partial charge >= 0.3 is 0 Å². The zero-order valence-corrected chi connectivity index (χ0v) is 15.6. The Bertz CT molecular complexity index is 1140. The Morgan fingerprint density at radius 2 is 1.89 bits per heavy atom. The standard InChI is InChI=1S/C21H22N6/c1-13-11-27-12-19(25-21(27)14(2)24-13)16-4-3-5-17-18(16)10-23-26-20(17)15-6-8-22-9-7-15/h3-5,10-12,15,22H,6-9H2,1-2H3. The third-order valence-electron chi connectivity index (χ3n) is 5.46. The molecule has 1 fully saturated rings. The lowest BCUT2D eigenvalue weighted by Gasteiger charge is -2.22. The number of aryl methyl sites for hydroxylation is 2. The SMILES string of the molecule is Cc1cn2cc(-c3cccc4c(C5CCNCC5)nncc34)nc2c(C)n1. The number of nitrogens with one attached hydrogen (secondary N) is 1. The highest BCUT2D eigenvalue weighted by Gasteiger charge is 2.20. The Morgan fingerprint density at radius 3 is 2.74 bits per heavy atom. The molecule has 1 N–H and O–H groups in total. The van der Waals surface area contributed by atoms with Gasteiger partial charge in [-0.15, -0.1) is 0 Å². The van der Waals surface area contributed by atoms with E-state index in [1.165, 1.54) is 5.39 Å². The third kappa shape index (κ3) is 2.77. The van der Waals surface area contributed by atoms with Gasteiger partial charge in [-0.3, -0.25) is 4.98 Å². The number of piperidine rings is 1. The minimum Gasteiger partial charge on any atom is -0.317 e. The number of rotatable bonds is 2. The summed E-state index contributed by atoms with van der Waals surface area (Å²) in [6, 6.07) is 6.38. The number of hydrogen-bond acceptors (Lipinski definition) is 5. The maximum Gasteiger partial charge on any atom is 0.158 e. The number of aromatic nitrogens is 5. The second kappa shape index (κ2) is 6.39. The predicted molar refractivity (Wildman–Crippen MR) is 106 cm³/mol. The maximum absolute atomic E-state index is 4.86. The average Bonchev–Trinajstić information content (AvgIpc) is 3.12. The summed E-state index contributed by atoms with van der Waals surface area (Å²) >= 11 is 0. The maximum atomic E-state index is 4.86. The molecular formula is C21H22N6. The van der Waals surface area contributed by atoms with Crippen LogP contribution in [0.1, 0.15) is 35.8 Å². The van der Waals surface area contributed by atoms with Crippen LogP contribution in [0.5, 0.6) is 0 Å². The van der Waals surface area contributed by atoms with Gasteiger partial charge in [-0.2, -0.15) is 10.2 Å². The fraction of sp³-hybridized carbons (Fsp3) is 0.333. The van der Waals surface area contributed by atoms with Crippen molar-refractivity contribution in [3.05, 3.63) is 53.9 Å². The van der Waals surface area contributed by atoms with Crippen molar-refractivity contribution < 1.29 is 0 Å². The number of imidazole rings is 1. The van der Waals surface area contributed by atoms with Crippen LogP contribution in [0, 0.1) is 13.8 Å². The van der Waals surface area contributed by atoms with Gasteiger partial charge in [-0.05, 0) is 39.8 Å². The van der Waals surface area contributed by atoms with E-state index in [1.54, 1.807) is 0 Å². The number of hydrogen-bond donors (Lipinski definition) is 1. The summed E-state index contributed by atoms with van der Waals surface area (Å²) in [7, 11) is 0. The van der Waals surface area contributed by atoms with Gasteiger partial charge in [0.15, 0.2) is 5.65 Å². The molecule has 0 saturated carbocycles. The Kier molecular flexibility index (Phi) is 3.86. The first kappa shape index (κ1) is 16.3. The molecule has 5 rings (SSSR count). The number of nitrogens with zero attached hydrogens (tertiary/aromatic N) is 5. The molecule has 0 radical (unpaired) electrons. The Morgan fingerprint density at radius 1 is 1.04 bits per heavy atom. The highest BCUT2D eigenvalue weighted by atomic mass is 15.1. The van der Waals surface area contributed by atoms with E-state index in [2.05, 4.69) is 49.3 Å². The fourth-order valence-electron chi connectivity index (χ4n) is 4.18. The molecule has 4 heterocycles. The van der Waals surface area contributed by atoms with Crippen LogP contribution in [0.2, 0.25) is 0 Å². The molecular weight excluding hydrogens is 336 g/mol. The van der Waals surface area contributed by atoms with Crippen LogP contribution in [0.15, 0.2) is 36.8 Å². The van der Waals surface area contributed by atoms with Crippen molar-refractivity contribution in [2.75, 3.05) is 13.1 Å². The lowest BCUT2D eigenvalue weighted by Crippen LogP contribution is -2.27. The predicted octanol–water partition coefficient (Wildman–Crippen LogP) is 3.42. The monoisotopic (exact) mass is 358 g/mol. The van der Waals surface area contributed by atoms with Gasteiger partial charge in [-0.1, -0.05) is 18.2 Å². The Balaban J connectivity index is 1.69. The smallest absolute Gasteiger partial charge is 0.158 e. The first-order valence-electron chi connectivity index (χ1n) is 9.49. The summed E-state index contributed by atoms with van der Waals surface area (Å²) in [5, 5.41) is 14.6. The van der Waals surface area contributed by atoms with Crippen molar-refractivity contribution in [3.63, 3.8) is 0 Å². The second-order valence-electron chi connectivity index (χ2n) is 7.35. The minimum atomic E-state index is 0.466. The van der Waals surface area contributed by atoms with Crippen molar-refractivity contribution in [1.82, 2.24) is 29.9 Å². The van der Waals surface area contributed by atoms with Gasteiger partial charge < -0.3 is 9.72 Å². The van der Waals surface area contributed by atoms with Crippen molar-refractivity contribution in [2.45, 2.75) is 32.6 Å². The normalized spacial score (nSPS) is 15.6. The first-order chi connectivity index (χ1) is 13.2. The Labute approximate surface area is 157 Å². The largest absolute Gasteiger partial charge is 0.317 e. The minimum absolute atomic E-state index is 0.466. The summed E-state index contributed by atoms with van der Waals surface area (Å²) in [5.41, 5.74) is 5.98. The van der Waals surface area contributed by atoms with Crippen LogP contribution in [0.3, 0.4) is 0 Å². The lowest BCUT2D eigenvalue weighted by molar-refractivity contribution is 0.453. The molecule has 1 aliphatic rings. The molecule has 6 nitrogen and oxygen atoms in total. The second-order valence-corrected chi connectivity index (χ2v) is 7.35. The molecule has 0 atom stereocenters. The molecule has 136 valence electrons. The van der Waals surface area contributed by atoms with Crippen LogP contribution in [0.4, 0.5) is 0 Å². The molecule has 0 bridgehead atoms. The van der Waals surface area contributed by atoms with E-state index in [0.717, 1.165) is 65.3 Å². The zero-order chi connectivity index (χ0) is 18.4. The van der Waals surface area contributed by atoms with Crippen molar-refractivity contribution in [1.29, 1.82) is 0 Å². The van der Waals surface area contributed by atoms with Crippen molar-refractivity contribution >= 4 is 16.4 Å². The summed E-state index contributed by atoms with van der Waals surface area (Å²) in [5.74, 6) is 0.466. The molecule has 1 saturated heterocycles. The molecule has 0 spiro atoms. The van der Waals surface area contributed by atoms with E-state index < -0.39 is 0 Å². The summed E-state index contributed by atoms with van der Waals surface area (Å²) in [4.78, 5) is 9.39. The molecule has 4 aromatic rings. The molecule has 0 unspecified atom stereocenters. The van der Waals surface area contributed by atoms with Crippen molar-refractivity contribution in [3.8, 4) is 11.3 Å². The van der Waals surface area contributed by atoms with E-state index in [0.29, 0.717) is 5.92 Å².